The van der Waals surface area contributed by atoms with E-state index in [-0.39, 0.29) is 6.10 Å². The number of hydrogen-bond acceptors (Lipinski definition) is 9. The van der Waals surface area contributed by atoms with E-state index in [1.54, 1.807) is 25.6 Å². The molecule has 4 aromatic rings. The van der Waals surface area contributed by atoms with Gasteiger partial charge in [-0.05, 0) is 44.9 Å². The molecule has 0 bridgehead atoms. The Hall–Kier alpha value is -4.23. The second-order valence-corrected chi connectivity index (χ2v) is 9.00. The number of aliphatic hydroxyl groups is 1. The molecule has 1 fully saturated rings. The molecule has 1 aliphatic heterocycles. The second kappa shape index (κ2) is 9.43. The predicted octanol–water partition coefficient (Wildman–Crippen LogP) is 3.62. The van der Waals surface area contributed by atoms with E-state index in [2.05, 4.69) is 31.4 Å². The van der Waals surface area contributed by atoms with Gasteiger partial charge >= 0.3 is 0 Å². The number of benzene rings is 1. The number of rotatable bonds is 6. The number of anilines is 1. The van der Waals surface area contributed by atoms with Crippen LogP contribution in [0.25, 0.3) is 22.2 Å². The molecule has 4 heterocycles. The minimum Gasteiger partial charge on any atom is -0.493 e. The number of aromatic amines is 1. The first-order valence-corrected chi connectivity index (χ1v) is 11.7. The zero-order valence-corrected chi connectivity index (χ0v) is 20.6. The lowest BCUT2D eigenvalue weighted by molar-refractivity contribution is 0.198. The van der Waals surface area contributed by atoms with Crippen LogP contribution in [0.15, 0.2) is 30.6 Å². The number of nitriles is 1. The molecule has 0 amide bonds. The molecule has 1 aromatic carbocycles. The van der Waals surface area contributed by atoms with Gasteiger partial charge in [0.05, 0.1) is 36.2 Å². The van der Waals surface area contributed by atoms with Crippen molar-refractivity contribution in [2.45, 2.75) is 39.4 Å². The fourth-order valence-electron chi connectivity index (χ4n) is 4.83. The first-order chi connectivity index (χ1) is 17.4. The molecule has 184 valence electrons. The zero-order chi connectivity index (χ0) is 25.4. The summed E-state index contributed by atoms with van der Waals surface area (Å²) < 4.78 is 12.0. The fourth-order valence-corrected chi connectivity index (χ4v) is 4.83. The molecule has 5 rings (SSSR count). The quantitative estimate of drug-likeness (QED) is 0.420. The van der Waals surface area contributed by atoms with Gasteiger partial charge in [-0.1, -0.05) is 0 Å². The van der Waals surface area contributed by atoms with Gasteiger partial charge in [-0.25, -0.2) is 4.98 Å². The number of aromatic nitrogens is 5. The number of ether oxygens (including phenoxy) is 2. The average molecular weight is 486 g/mol. The fraction of sp³-hybridized carbons (Fsp3) is 0.346. The molecule has 0 saturated carbocycles. The van der Waals surface area contributed by atoms with E-state index in [1.807, 2.05) is 37.8 Å². The third kappa shape index (κ3) is 4.18. The standard InChI is InChI=1S/C26H27N7O3/c1-14-11-29-30-15(2)24(14)16(3)36-23-8-20-21(9-22(23)35-4)31-32-25(20)18-7-17(10-27)26(28-12-18)33-6-5-19(34)13-33/h7-9,11-12,16,19,34H,5-6,13H2,1-4H3,(H,31,32)/t16?,19-/m1/s1. The molecule has 1 saturated heterocycles. The summed E-state index contributed by atoms with van der Waals surface area (Å²) >= 11 is 0. The number of nitrogens with zero attached hydrogens (tertiary/aromatic N) is 6. The monoisotopic (exact) mass is 485 g/mol. The van der Waals surface area contributed by atoms with Gasteiger partial charge in [-0.2, -0.15) is 20.6 Å². The maximum atomic E-state index is 9.89. The normalized spacial score (nSPS) is 16.2. The van der Waals surface area contributed by atoms with Gasteiger partial charge in [0.25, 0.3) is 0 Å². The van der Waals surface area contributed by atoms with Crippen molar-refractivity contribution in [1.82, 2.24) is 25.4 Å². The molecule has 0 radical (unpaired) electrons. The van der Waals surface area contributed by atoms with E-state index in [1.165, 1.54) is 0 Å². The molecule has 2 atom stereocenters. The molecular weight excluding hydrogens is 458 g/mol. The van der Waals surface area contributed by atoms with Gasteiger partial charge in [0, 0.05) is 41.9 Å². The van der Waals surface area contributed by atoms with Crippen LogP contribution in [0.2, 0.25) is 0 Å². The van der Waals surface area contributed by atoms with Gasteiger partial charge in [-0.15, -0.1) is 0 Å². The number of pyridine rings is 1. The Balaban J connectivity index is 1.53. The summed E-state index contributed by atoms with van der Waals surface area (Å²) in [7, 11) is 1.59. The van der Waals surface area contributed by atoms with E-state index < -0.39 is 6.10 Å². The summed E-state index contributed by atoms with van der Waals surface area (Å²) in [6, 6.07) is 7.76. The highest BCUT2D eigenvalue weighted by Crippen LogP contribution is 2.39. The number of fused-ring (bicyclic) bond motifs is 1. The van der Waals surface area contributed by atoms with Crippen molar-refractivity contribution in [2.75, 3.05) is 25.1 Å². The summed E-state index contributed by atoms with van der Waals surface area (Å²) in [6.07, 6.45) is 3.40. The Kier molecular flexibility index (Phi) is 6.16. The van der Waals surface area contributed by atoms with Crippen molar-refractivity contribution < 1.29 is 14.6 Å². The second-order valence-electron chi connectivity index (χ2n) is 9.00. The van der Waals surface area contributed by atoms with Gasteiger partial charge in [-0.3, -0.25) is 5.10 Å². The Bertz CT molecular complexity index is 1460. The number of nitrogens with one attached hydrogen (secondary N) is 1. The molecule has 0 aliphatic carbocycles. The van der Waals surface area contributed by atoms with E-state index >= 15 is 0 Å². The topological polar surface area (TPSA) is 133 Å². The van der Waals surface area contributed by atoms with Gasteiger partial charge in [0.15, 0.2) is 11.5 Å². The van der Waals surface area contributed by atoms with Crippen molar-refractivity contribution in [3.8, 4) is 28.8 Å². The summed E-state index contributed by atoms with van der Waals surface area (Å²) in [6.45, 7) is 7.00. The van der Waals surface area contributed by atoms with Crippen molar-refractivity contribution in [3.63, 3.8) is 0 Å². The maximum absolute atomic E-state index is 9.89. The maximum Gasteiger partial charge on any atom is 0.162 e. The summed E-state index contributed by atoms with van der Waals surface area (Å²) in [5.74, 6) is 1.71. The summed E-state index contributed by atoms with van der Waals surface area (Å²) in [5, 5.41) is 36.2. The van der Waals surface area contributed by atoms with Crippen LogP contribution in [0.3, 0.4) is 0 Å². The number of β-amino-alcohol motifs (C(OH)–C–C–N with tert-alkyl or cyclic N) is 1. The Morgan fingerprint density at radius 1 is 1.22 bits per heavy atom. The first-order valence-electron chi connectivity index (χ1n) is 11.7. The molecule has 1 aliphatic rings. The average Bonchev–Trinajstić information content (AvgIpc) is 3.48. The van der Waals surface area contributed by atoms with Crippen LogP contribution in [-0.2, 0) is 0 Å². The number of H-pyrrole nitrogens is 1. The molecule has 10 nitrogen and oxygen atoms in total. The molecule has 3 aromatic heterocycles. The van der Waals surface area contributed by atoms with Crippen molar-refractivity contribution in [1.29, 1.82) is 5.26 Å². The summed E-state index contributed by atoms with van der Waals surface area (Å²) in [4.78, 5) is 6.50. The van der Waals surface area contributed by atoms with Crippen LogP contribution in [0.1, 0.15) is 41.8 Å². The number of methoxy groups -OCH3 is 1. The van der Waals surface area contributed by atoms with Crippen molar-refractivity contribution in [3.05, 3.63) is 53.0 Å². The lowest BCUT2D eigenvalue weighted by Crippen LogP contribution is -2.23. The molecule has 2 N–H and O–H groups in total. The largest absolute Gasteiger partial charge is 0.493 e. The van der Waals surface area contributed by atoms with E-state index in [0.29, 0.717) is 53.6 Å². The van der Waals surface area contributed by atoms with Crippen molar-refractivity contribution in [2.24, 2.45) is 0 Å². The van der Waals surface area contributed by atoms with E-state index in [9.17, 15) is 10.4 Å². The van der Waals surface area contributed by atoms with Crippen LogP contribution < -0.4 is 14.4 Å². The summed E-state index contributed by atoms with van der Waals surface area (Å²) in [5.41, 5.74) is 5.35. The van der Waals surface area contributed by atoms with Crippen molar-refractivity contribution >= 4 is 16.7 Å². The number of aryl methyl sites for hydroxylation is 2. The minimum absolute atomic E-state index is 0.288. The molecular formula is C26H27N7O3. The Morgan fingerprint density at radius 3 is 2.75 bits per heavy atom. The third-order valence-electron chi connectivity index (χ3n) is 6.55. The molecule has 36 heavy (non-hydrogen) atoms. The lowest BCUT2D eigenvalue weighted by Gasteiger charge is -2.20. The van der Waals surface area contributed by atoms with Crippen LogP contribution in [0, 0.1) is 25.2 Å². The Morgan fingerprint density at radius 2 is 2.06 bits per heavy atom. The predicted molar refractivity (Wildman–Crippen MR) is 134 cm³/mol. The third-order valence-corrected chi connectivity index (χ3v) is 6.55. The Labute approximate surface area is 208 Å². The lowest BCUT2D eigenvalue weighted by atomic mass is 10.0. The van der Waals surface area contributed by atoms with Gasteiger partial charge < -0.3 is 19.5 Å². The number of hydrogen-bond donors (Lipinski definition) is 2. The SMILES string of the molecule is COc1cc2[nH]nc(-c3cnc(N4CC[C@@H](O)C4)c(C#N)c3)c2cc1OC(C)c1c(C)cnnc1C. The molecule has 10 heteroatoms. The molecule has 0 spiro atoms. The highest BCUT2D eigenvalue weighted by molar-refractivity contribution is 5.95. The van der Waals surface area contributed by atoms with Crippen LogP contribution in [-0.4, -0.2) is 56.8 Å². The minimum atomic E-state index is -0.403. The first kappa shape index (κ1) is 23.5. The zero-order valence-electron chi connectivity index (χ0n) is 20.6. The number of aliphatic hydroxyl groups excluding tert-OH is 1. The van der Waals surface area contributed by atoms with Crippen LogP contribution >= 0.6 is 0 Å². The van der Waals surface area contributed by atoms with Crippen LogP contribution in [0.5, 0.6) is 11.5 Å². The highest BCUT2D eigenvalue weighted by Gasteiger charge is 2.25. The smallest absolute Gasteiger partial charge is 0.162 e. The molecule has 1 unspecified atom stereocenters. The highest BCUT2D eigenvalue weighted by atomic mass is 16.5. The van der Waals surface area contributed by atoms with Crippen LogP contribution in [0.4, 0.5) is 5.82 Å². The van der Waals surface area contributed by atoms with E-state index in [4.69, 9.17) is 9.47 Å². The van der Waals surface area contributed by atoms with Gasteiger partial charge in [0.2, 0.25) is 0 Å². The van der Waals surface area contributed by atoms with Gasteiger partial charge in [0.1, 0.15) is 23.7 Å². The van der Waals surface area contributed by atoms with E-state index in [0.717, 1.165) is 27.7 Å².